The highest BCUT2D eigenvalue weighted by atomic mass is 16.1. The first-order valence-corrected chi connectivity index (χ1v) is 7.01. The third-order valence-corrected chi connectivity index (χ3v) is 4.09. The Hall–Kier alpha value is -1.89. The lowest BCUT2D eigenvalue weighted by atomic mass is 9.81. The quantitative estimate of drug-likeness (QED) is 0.673. The molecular weight excluding hydrogens is 232 g/mol. The Bertz CT molecular complexity index is 649. The molecule has 0 saturated carbocycles. The Morgan fingerprint density at radius 2 is 1.84 bits per heavy atom. The van der Waals surface area contributed by atoms with E-state index in [-0.39, 0.29) is 5.78 Å². The molecule has 2 aromatic carbocycles. The van der Waals surface area contributed by atoms with Crippen molar-refractivity contribution in [1.29, 1.82) is 0 Å². The number of carbonyl (C=O) groups is 1. The lowest BCUT2D eigenvalue weighted by Crippen LogP contribution is -2.17. The van der Waals surface area contributed by atoms with Crippen molar-refractivity contribution in [2.45, 2.75) is 33.1 Å². The van der Waals surface area contributed by atoms with E-state index in [9.17, 15) is 4.79 Å². The molecule has 0 bridgehead atoms. The molecule has 1 nitrogen and oxygen atoms in total. The Labute approximate surface area is 114 Å². The molecule has 0 fully saturated rings. The zero-order valence-electron chi connectivity index (χ0n) is 11.5. The summed E-state index contributed by atoms with van der Waals surface area (Å²) in [4.78, 5) is 12.6. The molecule has 1 aliphatic carbocycles. The highest BCUT2D eigenvalue weighted by molar-refractivity contribution is 6.12. The molecule has 1 heteroatoms. The molecule has 0 N–H and O–H groups in total. The van der Waals surface area contributed by atoms with Gasteiger partial charge in [-0.3, -0.25) is 4.79 Å². The summed E-state index contributed by atoms with van der Waals surface area (Å²) in [5.74, 6) is 0.196. The van der Waals surface area contributed by atoms with Crippen LogP contribution in [0.2, 0.25) is 0 Å². The van der Waals surface area contributed by atoms with Crippen molar-refractivity contribution < 1.29 is 4.79 Å². The van der Waals surface area contributed by atoms with Gasteiger partial charge in [-0.25, -0.2) is 0 Å². The van der Waals surface area contributed by atoms with Crippen LogP contribution in [0.15, 0.2) is 36.4 Å². The maximum atomic E-state index is 12.6. The summed E-state index contributed by atoms with van der Waals surface area (Å²) >= 11 is 0. The molecule has 0 spiro atoms. The van der Waals surface area contributed by atoms with Gasteiger partial charge in [-0.1, -0.05) is 44.2 Å². The van der Waals surface area contributed by atoms with Crippen LogP contribution in [0.5, 0.6) is 0 Å². The predicted molar refractivity (Wildman–Crippen MR) is 77.9 cm³/mol. The number of rotatable bonds is 2. The minimum Gasteiger partial charge on any atom is -0.289 e. The lowest BCUT2D eigenvalue weighted by Gasteiger charge is -2.21. The van der Waals surface area contributed by atoms with Gasteiger partial charge in [0.25, 0.3) is 0 Å². The Morgan fingerprint density at radius 3 is 2.58 bits per heavy atom. The molecular formula is C18H18O. The number of hydrogen-bond donors (Lipinski definition) is 0. The third-order valence-electron chi connectivity index (χ3n) is 4.09. The van der Waals surface area contributed by atoms with E-state index in [1.807, 2.05) is 12.1 Å². The van der Waals surface area contributed by atoms with Crippen molar-refractivity contribution in [2.24, 2.45) is 0 Å². The van der Waals surface area contributed by atoms with Crippen molar-refractivity contribution >= 4 is 5.78 Å². The maximum Gasteiger partial charge on any atom is 0.193 e. The van der Waals surface area contributed by atoms with Gasteiger partial charge >= 0.3 is 0 Å². The van der Waals surface area contributed by atoms with Crippen molar-refractivity contribution in [3.63, 3.8) is 0 Å². The summed E-state index contributed by atoms with van der Waals surface area (Å²) < 4.78 is 0. The molecule has 0 aliphatic heterocycles. The molecule has 0 aromatic heterocycles. The van der Waals surface area contributed by atoms with Gasteiger partial charge in [-0.2, -0.15) is 0 Å². The Morgan fingerprint density at radius 1 is 1.00 bits per heavy atom. The monoisotopic (exact) mass is 250 g/mol. The fourth-order valence-corrected chi connectivity index (χ4v) is 2.93. The Kier molecular flexibility index (Phi) is 2.98. The van der Waals surface area contributed by atoms with Gasteiger partial charge in [0.2, 0.25) is 0 Å². The van der Waals surface area contributed by atoms with Crippen LogP contribution in [0.1, 0.15) is 52.0 Å². The fraction of sp³-hybridized carbons (Fsp3) is 0.278. The predicted octanol–water partition coefficient (Wildman–Crippen LogP) is 3.95. The summed E-state index contributed by atoms with van der Waals surface area (Å²) in [7, 11) is 0. The molecule has 0 radical (unpaired) electrons. The van der Waals surface area contributed by atoms with Gasteiger partial charge < -0.3 is 0 Å². The number of hydrogen-bond acceptors (Lipinski definition) is 1. The lowest BCUT2D eigenvalue weighted by molar-refractivity contribution is 0.103. The molecule has 96 valence electrons. The van der Waals surface area contributed by atoms with Crippen LogP contribution in [0, 0.1) is 0 Å². The summed E-state index contributed by atoms with van der Waals surface area (Å²) in [6.07, 6.45) is 2.85. The molecule has 0 atom stereocenters. The first kappa shape index (κ1) is 12.2. The van der Waals surface area contributed by atoms with E-state index in [2.05, 4.69) is 38.1 Å². The number of benzene rings is 2. The Balaban J connectivity index is 2.17. The molecule has 0 saturated heterocycles. The minimum absolute atomic E-state index is 0.196. The minimum atomic E-state index is 0.196. The van der Waals surface area contributed by atoms with Crippen LogP contribution in [0.4, 0.5) is 0 Å². The number of carbonyl (C=O) groups excluding carboxylic acids is 1. The van der Waals surface area contributed by atoms with E-state index in [0.29, 0.717) is 0 Å². The number of fused-ring (bicyclic) bond motifs is 2. The average Bonchev–Trinajstić information content (AvgIpc) is 2.46. The topological polar surface area (TPSA) is 17.1 Å². The largest absolute Gasteiger partial charge is 0.289 e. The van der Waals surface area contributed by atoms with Gasteiger partial charge in [-0.05, 0) is 47.6 Å². The van der Waals surface area contributed by atoms with Crippen molar-refractivity contribution in [3.05, 3.63) is 69.8 Å². The highest BCUT2D eigenvalue weighted by Gasteiger charge is 2.24. The summed E-state index contributed by atoms with van der Waals surface area (Å²) in [6, 6.07) is 12.5. The van der Waals surface area contributed by atoms with Gasteiger partial charge in [-0.15, -0.1) is 0 Å². The van der Waals surface area contributed by atoms with E-state index in [1.54, 1.807) is 0 Å². The van der Waals surface area contributed by atoms with Gasteiger partial charge in [0.05, 0.1) is 0 Å². The second-order valence-electron chi connectivity index (χ2n) is 5.15. The first-order chi connectivity index (χ1) is 9.24. The van der Waals surface area contributed by atoms with Crippen LogP contribution in [-0.4, -0.2) is 5.78 Å². The first-order valence-electron chi connectivity index (χ1n) is 7.01. The van der Waals surface area contributed by atoms with E-state index in [0.717, 1.165) is 30.4 Å². The second-order valence-corrected chi connectivity index (χ2v) is 5.15. The zero-order chi connectivity index (χ0) is 13.4. The van der Waals surface area contributed by atoms with Crippen LogP contribution in [0.25, 0.3) is 0 Å². The van der Waals surface area contributed by atoms with Crippen LogP contribution in [0.3, 0.4) is 0 Å². The smallest absolute Gasteiger partial charge is 0.193 e. The van der Waals surface area contributed by atoms with E-state index < -0.39 is 0 Å². The van der Waals surface area contributed by atoms with Crippen LogP contribution < -0.4 is 0 Å². The van der Waals surface area contributed by atoms with Crippen molar-refractivity contribution in [2.75, 3.05) is 0 Å². The molecule has 0 unspecified atom stereocenters. The highest BCUT2D eigenvalue weighted by Crippen LogP contribution is 2.30. The second kappa shape index (κ2) is 4.65. The van der Waals surface area contributed by atoms with E-state index >= 15 is 0 Å². The maximum absolute atomic E-state index is 12.6. The molecule has 2 aromatic rings. The van der Waals surface area contributed by atoms with Gasteiger partial charge in [0, 0.05) is 11.1 Å². The zero-order valence-corrected chi connectivity index (χ0v) is 11.5. The molecule has 19 heavy (non-hydrogen) atoms. The molecule has 1 aliphatic rings. The van der Waals surface area contributed by atoms with Crippen molar-refractivity contribution in [3.8, 4) is 0 Å². The SMILES string of the molecule is CCc1ccc2c(c1)C(=O)c1cccc(CC)c1C2. The average molecular weight is 250 g/mol. The molecule has 0 heterocycles. The standard InChI is InChI=1S/C18H18O/c1-3-12-8-9-14-11-16-13(4-2)6-5-7-15(16)18(19)17(14)10-12/h5-10H,3-4,11H2,1-2H3. The number of ketones is 1. The van der Waals surface area contributed by atoms with Crippen LogP contribution in [-0.2, 0) is 19.3 Å². The summed E-state index contributed by atoms with van der Waals surface area (Å²) in [5, 5.41) is 0. The van der Waals surface area contributed by atoms with Crippen LogP contribution >= 0.6 is 0 Å². The van der Waals surface area contributed by atoms with E-state index in [1.165, 1.54) is 22.3 Å². The molecule has 3 rings (SSSR count). The summed E-state index contributed by atoms with van der Waals surface area (Å²) in [6.45, 7) is 4.27. The van der Waals surface area contributed by atoms with Gasteiger partial charge in [0.15, 0.2) is 5.78 Å². The third kappa shape index (κ3) is 1.90. The van der Waals surface area contributed by atoms with E-state index in [4.69, 9.17) is 0 Å². The summed E-state index contributed by atoms with van der Waals surface area (Å²) in [5.41, 5.74) is 6.75. The number of aryl methyl sites for hydroxylation is 2. The fourth-order valence-electron chi connectivity index (χ4n) is 2.93. The normalized spacial score (nSPS) is 13.1. The molecule has 0 amide bonds. The van der Waals surface area contributed by atoms with Crippen molar-refractivity contribution in [1.82, 2.24) is 0 Å². The van der Waals surface area contributed by atoms with Gasteiger partial charge in [0.1, 0.15) is 0 Å².